The summed E-state index contributed by atoms with van der Waals surface area (Å²) < 4.78 is 21.0. The van der Waals surface area contributed by atoms with E-state index in [2.05, 4.69) is 32.1 Å². The van der Waals surface area contributed by atoms with E-state index in [0.29, 0.717) is 16.8 Å². The number of esters is 1. The fourth-order valence-corrected chi connectivity index (χ4v) is 5.06. The summed E-state index contributed by atoms with van der Waals surface area (Å²) in [4.78, 5) is 23.2. The molecular formula is C25H25FN6O2S. The normalized spacial score (nSPS) is 14.8. The predicted octanol–water partition coefficient (Wildman–Crippen LogP) is 4.67. The van der Waals surface area contributed by atoms with Gasteiger partial charge in [-0.2, -0.15) is 5.10 Å². The van der Waals surface area contributed by atoms with Crippen molar-refractivity contribution in [2.24, 2.45) is 0 Å². The van der Waals surface area contributed by atoms with E-state index in [4.69, 9.17) is 4.98 Å². The van der Waals surface area contributed by atoms with Crippen LogP contribution in [0.1, 0.15) is 23.3 Å². The summed E-state index contributed by atoms with van der Waals surface area (Å²) >= 11 is 1.82. The van der Waals surface area contributed by atoms with Crippen LogP contribution in [0.5, 0.6) is 0 Å². The van der Waals surface area contributed by atoms with E-state index >= 15 is 0 Å². The van der Waals surface area contributed by atoms with Gasteiger partial charge in [0.1, 0.15) is 11.6 Å². The molecule has 0 spiro atoms. The standard InChI is InChI=1S/C25H25FN6O2S/c1-31-10-7-18(8-11-31)35-24-6-3-16-15-27-23(14-22(16)29-24)28-20-5-4-17(13-19(20)26)32-12-9-21(30-32)25(33)34-2/h3-6,9,12-15,18H,7-8,10-11H2,1-2H3,(H,27,28). The van der Waals surface area contributed by atoms with Crippen molar-refractivity contribution in [2.45, 2.75) is 23.1 Å². The van der Waals surface area contributed by atoms with Crippen LogP contribution in [0.3, 0.4) is 0 Å². The summed E-state index contributed by atoms with van der Waals surface area (Å²) in [5, 5.41) is 9.65. The number of carbonyl (C=O) groups excluding carboxylic acids is 1. The first-order chi connectivity index (χ1) is 17.0. The van der Waals surface area contributed by atoms with Gasteiger partial charge in [-0.25, -0.2) is 23.8 Å². The molecule has 1 N–H and O–H groups in total. The van der Waals surface area contributed by atoms with Crippen LogP contribution in [0, 0.1) is 5.82 Å². The summed E-state index contributed by atoms with van der Waals surface area (Å²) in [5.41, 5.74) is 1.71. The van der Waals surface area contributed by atoms with Crippen molar-refractivity contribution in [3.05, 3.63) is 66.4 Å². The number of hydrogen-bond donors (Lipinski definition) is 1. The number of likely N-dealkylation sites (tertiary alicyclic amines) is 1. The second-order valence-corrected chi connectivity index (χ2v) is 9.78. The Balaban J connectivity index is 1.32. The number of rotatable bonds is 6. The first-order valence-corrected chi connectivity index (χ1v) is 12.2. The van der Waals surface area contributed by atoms with Gasteiger partial charge in [0.2, 0.25) is 0 Å². The molecule has 5 rings (SSSR count). The Hall–Kier alpha value is -3.50. The van der Waals surface area contributed by atoms with Crippen LogP contribution in [0.15, 0.2) is 59.9 Å². The minimum Gasteiger partial charge on any atom is -0.464 e. The number of hydrogen-bond acceptors (Lipinski definition) is 8. The maximum atomic E-state index is 14.9. The maximum absolute atomic E-state index is 14.9. The van der Waals surface area contributed by atoms with Crippen LogP contribution in [0.2, 0.25) is 0 Å². The van der Waals surface area contributed by atoms with Crippen molar-refractivity contribution < 1.29 is 13.9 Å². The first-order valence-electron chi connectivity index (χ1n) is 11.3. The third-order valence-corrected chi connectivity index (χ3v) is 7.24. The number of nitrogens with one attached hydrogen (secondary N) is 1. The third-order valence-electron chi connectivity index (χ3n) is 5.96. The zero-order chi connectivity index (χ0) is 24.4. The number of benzene rings is 1. The Kier molecular flexibility index (Phi) is 6.65. The molecule has 0 amide bonds. The summed E-state index contributed by atoms with van der Waals surface area (Å²) in [5.74, 6) is -0.518. The SMILES string of the molecule is COC(=O)c1ccn(-c2ccc(Nc3cc4nc(SC5CCN(C)CC5)ccc4cn3)c(F)c2)n1. The third kappa shape index (κ3) is 5.28. The lowest BCUT2D eigenvalue weighted by Gasteiger charge is -2.28. The molecule has 0 radical (unpaired) electrons. The van der Waals surface area contributed by atoms with Gasteiger partial charge < -0.3 is 15.0 Å². The van der Waals surface area contributed by atoms with E-state index in [9.17, 15) is 9.18 Å². The van der Waals surface area contributed by atoms with Crippen LogP contribution in [0.25, 0.3) is 16.6 Å². The molecule has 4 heterocycles. The van der Waals surface area contributed by atoms with Crippen molar-refractivity contribution in [1.29, 1.82) is 0 Å². The molecule has 1 aliphatic heterocycles. The zero-order valence-electron chi connectivity index (χ0n) is 19.4. The highest BCUT2D eigenvalue weighted by molar-refractivity contribution is 7.99. The number of carbonyl (C=O) groups is 1. The number of fused-ring (bicyclic) bond motifs is 1. The minimum absolute atomic E-state index is 0.149. The average Bonchev–Trinajstić information content (AvgIpc) is 3.36. The number of methoxy groups -OCH3 is 1. The highest BCUT2D eigenvalue weighted by Gasteiger charge is 2.18. The molecular weight excluding hydrogens is 467 g/mol. The Morgan fingerprint density at radius 1 is 1.17 bits per heavy atom. The smallest absolute Gasteiger partial charge is 0.358 e. The number of pyridine rings is 2. The summed E-state index contributed by atoms with van der Waals surface area (Å²) in [7, 11) is 3.44. The Labute approximate surface area is 206 Å². The zero-order valence-corrected chi connectivity index (χ0v) is 20.3. The summed E-state index contributed by atoms with van der Waals surface area (Å²) in [6, 6.07) is 12.1. The quantitative estimate of drug-likeness (QED) is 0.389. The monoisotopic (exact) mass is 492 g/mol. The van der Waals surface area contributed by atoms with Crippen LogP contribution in [0.4, 0.5) is 15.9 Å². The molecule has 1 aliphatic rings. The van der Waals surface area contributed by atoms with Crippen LogP contribution in [-0.2, 0) is 4.74 Å². The molecule has 1 aromatic carbocycles. The first kappa shape index (κ1) is 23.3. The largest absolute Gasteiger partial charge is 0.464 e. The number of nitrogens with zero attached hydrogens (tertiary/aromatic N) is 5. The number of halogens is 1. The maximum Gasteiger partial charge on any atom is 0.358 e. The second-order valence-electron chi connectivity index (χ2n) is 8.46. The van der Waals surface area contributed by atoms with Crippen LogP contribution < -0.4 is 5.32 Å². The number of thioether (sulfide) groups is 1. The molecule has 8 nitrogen and oxygen atoms in total. The van der Waals surface area contributed by atoms with Gasteiger partial charge in [-0.1, -0.05) is 0 Å². The van der Waals surface area contributed by atoms with Crippen molar-refractivity contribution >= 4 is 40.1 Å². The van der Waals surface area contributed by atoms with Gasteiger partial charge in [0.25, 0.3) is 0 Å². The van der Waals surface area contributed by atoms with Gasteiger partial charge in [0.05, 0.1) is 29.0 Å². The van der Waals surface area contributed by atoms with Crippen molar-refractivity contribution in [3.8, 4) is 5.69 Å². The number of ether oxygens (including phenoxy) is 1. The molecule has 180 valence electrons. The lowest BCUT2D eigenvalue weighted by molar-refractivity contribution is 0.0593. The van der Waals surface area contributed by atoms with Gasteiger partial charge in [0, 0.05) is 35.2 Å². The van der Waals surface area contributed by atoms with Gasteiger partial charge in [0.15, 0.2) is 5.69 Å². The van der Waals surface area contributed by atoms with Crippen molar-refractivity contribution in [3.63, 3.8) is 0 Å². The number of anilines is 2. The molecule has 3 aromatic heterocycles. The highest BCUT2D eigenvalue weighted by atomic mass is 32.2. The molecule has 0 saturated carbocycles. The van der Waals surface area contributed by atoms with E-state index in [1.54, 1.807) is 24.5 Å². The van der Waals surface area contributed by atoms with Crippen LogP contribution >= 0.6 is 11.8 Å². The number of aromatic nitrogens is 4. The molecule has 0 unspecified atom stereocenters. The van der Waals surface area contributed by atoms with E-state index < -0.39 is 11.8 Å². The second kappa shape index (κ2) is 10.0. The lowest BCUT2D eigenvalue weighted by Crippen LogP contribution is -2.31. The van der Waals surface area contributed by atoms with Crippen LogP contribution in [-0.4, -0.2) is 63.1 Å². The highest BCUT2D eigenvalue weighted by Crippen LogP contribution is 2.30. The molecule has 10 heteroatoms. The molecule has 0 atom stereocenters. The van der Waals surface area contributed by atoms with E-state index in [1.807, 2.05) is 30.0 Å². The molecule has 1 fully saturated rings. The molecule has 0 aliphatic carbocycles. The van der Waals surface area contributed by atoms with E-state index in [-0.39, 0.29) is 11.4 Å². The van der Waals surface area contributed by atoms with Crippen molar-refractivity contribution in [2.75, 3.05) is 32.6 Å². The average molecular weight is 493 g/mol. The van der Waals surface area contributed by atoms with Crippen molar-refractivity contribution in [1.82, 2.24) is 24.6 Å². The fourth-order valence-electron chi connectivity index (χ4n) is 3.97. The lowest BCUT2D eigenvalue weighted by atomic mass is 10.1. The molecule has 1 saturated heterocycles. The number of piperidine rings is 1. The minimum atomic E-state index is -0.550. The van der Waals surface area contributed by atoms with E-state index in [1.165, 1.54) is 23.9 Å². The Morgan fingerprint density at radius 3 is 2.77 bits per heavy atom. The van der Waals surface area contributed by atoms with Gasteiger partial charge in [-0.15, -0.1) is 11.8 Å². The topological polar surface area (TPSA) is 85.2 Å². The van der Waals surface area contributed by atoms with E-state index in [0.717, 1.165) is 41.9 Å². The molecule has 4 aromatic rings. The Morgan fingerprint density at radius 2 is 2.00 bits per heavy atom. The van der Waals surface area contributed by atoms with Gasteiger partial charge >= 0.3 is 5.97 Å². The molecule has 0 bridgehead atoms. The molecule has 35 heavy (non-hydrogen) atoms. The fraction of sp³-hybridized carbons (Fsp3) is 0.280. The summed E-state index contributed by atoms with van der Waals surface area (Å²) in [6.07, 6.45) is 5.62. The predicted molar refractivity (Wildman–Crippen MR) is 134 cm³/mol. The Bertz CT molecular complexity index is 1370. The van der Waals surface area contributed by atoms with Gasteiger partial charge in [-0.05, 0) is 63.3 Å². The van der Waals surface area contributed by atoms with Gasteiger partial charge in [-0.3, -0.25) is 0 Å². The summed E-state index contributed by atoms with van der Waals surface area (Å²) in [6.45, 7) is 2.22.